The molecule has 0 radical (unpaired) electrons. The molecule has 0 unspecified atom stereocenters. The highest BCUT2D eigenvalue weighted by atomic mass is 32.2. The van der Waals surface area contributed by atoms with Crippen LogP contribution < -0.4 is 0 Å². The van der Waals surface area contributed by atoms with Crippen molar-refractivity contribution in [3.63, 3.8) is 0 Å². The van der Waals surface area contributed by atoms with Crippen LogP contribution in [0.5, 0.6) is 0 Å². The van der Waals surface area contributed by atoms with E-state index in [1.807, 2.05) is 6.07 Å². The average Bonchev–Trinajstić information content (AvgIpc) is 3.18. The van der Waals surface area contributed by atoms with E-state index < -0.39 is 0 Å². The summed E-state index contributed by atoms with van der Waals surface area (Å²) in [5.41, 5.74) is 1.29. The summed E-state index contributed by atoms with van der Waals surface area (Å²) in [6.45, 7) is 1.65. The van der Waals surface area contributed by atoms with Gasteiger partial charge in [-0.1, -0.05) is 42.1 Å². The van der Waals surface area contributed by atoms with Crippen LogP contribution in [0.1, 0.15) is 55.8 Å². The molecule has 6 nitrogen and oxygen atoms in total. The molecule has 0 bridgehead atoms. The maximum Gasteiger partial charge on any atom is 0.225 e. The standard InChI is InChI=1S/C23H32N4O2S/c1-26-21(24-25-23(26)30-16-17-6-4-3-5-7-17)18-12-14-27(15-13-18)22(28)19-8-10-20(29-2)11-9-19/h3-7,18-20H,8-16H2,1-2H3. The fourth-order valence-electron chi connectivity index (χ4n) is 4.69. The Kier molecular flexibility index (Phi) is 7.10. The number of ether oxygens (including phenoxy) is 1. The zero-order valence-corrected chi connectivity index (χ0v) is 18.8. The number of likely N-dealkylation sites (tertiary alicyclic amines) is 1. The minimum absolute atomic E-state index is 0.184. The van der Waals surface area contributed by atoms with Crippen molar-refractivity contribution in [2.45, 2.75) is 61.5 Å². The van der Waals surface area contributed by atoms with Crippen LogP contribution in [-0.2, 0) is 22.3 Å². The van der Waals surface area contributed by atoms with Gasteiger partial charge in [0, 0.05) is 44.8 Å². The topological polar surface area (TPSA) is 60.2 Å². The molecule has 2 heterocycles. The Morgan fingerprint density at radius 2 is 1.77 bits per heavy atom. The molecule has 2 aromatic rings. The Bertz CT molecular complexity index is 825. The molecule has 0 spiro atoms. The quantitative estimate of drug-likeness (QED) is 0.651. The number of benzene rings is 1. The molecule has 0 atom stereocenters. The number of methoxy groups -OCH3 is 1. The fraction of sp³-hybridized carbons (Fsp3) is 0.609. The molecule has 1 saturated carbocycles. The van der Waals surface area contributed by atoms with Gasteiger partial charge in [0.25, 0.3) is 0 Å². The van der Waals surface area contributed by atoms with E-state index >= 15 is 0 Å². The molecule has 1 amide bonds. The molecule has 2 fully saturated rings. The first-order chi connectivity index (χ1) is 14.7. The zero-order valence-electron chi connectivity index (χ0n) is 18.0. The molecule has 30 heavy (non-hydrogen) atoms. The van der Waals surface area contributed by atoms with Gasteiger partial charge in [0.2, 0.25) is 5.91 Å². The lowest BCUT2D eigenvalue weighted by Crippen LogP contribution is -2.43. The van der Waals surface area contributed by atoms with Crippen LogP contribution in [0.15, 0.2) is 35.5 Å². The highest BCUT2D eigenvalue weighted by Gasteiger charge is 2.33. The highest BCUT2D eigenvalue weighted by Crippen LogP contribution is 2.32. The van der Waals surface area contributed by atoms with Crippen molar-refractivity contribution in [2.75, 3.05) is 20.2 Å². The van der Waals surface area contributed by atoms with E-state index in [-0.39, 0.29) is 5.92 Å². The molecule has 7 heteroatoms. The van der Waals surface area contributed by atoms with Crippen molar-refractivity contribution >= 4 is 17.7 Å². The van der Waals surface area contributed by atoms with Gasteiger partial charge < -0.3 is 14.2 Å². The van der Waals surface area contributed by atoms with Crippen LogP contribution in [0.3, 0.4) is 0 Å². The molecular formula is C23H32N4O2S. The number of hydrogen-bond acceptors (Lipinski definition) is 5. The highest BCUT2D eigenvalue weighted by molar-refractivity contribution is 7.98. The zero-order chi connectivity index (χ0) is 20.9. The number of piperidine rings is 1. The van der Waals surface area contributed by atoms with Gasteiger partial charge in [0.1, 0.15) is 5.82 Å². The Labute approximate surface area is 183 Å². The number of amides is 1. The van der Waals surface area contributed by atoms with E-state index in [9.17, 15) is 4.79 Å². The van der Waals surface area contributed by atoms with E-state index in [2.05, 4.69) is 51.0 Å². The average molecular weight is 429 g/mol. The van der Waals surface area contributed by atoms with Crippen LogP contribution in [0, 0.1) is 5.92 Å². The molecule has 1 aliphatic carbocycles. The predicted molar refractivity (Wildman–Crippen MR) is 118 cm³/mol. The monoisotopic (exact) mass is 428 g/mol. The second-order valence-corrected chi connectivity index (χ2v) is 9.43. The number of carbonyl (C=O) groups is 1. The maximum absolute atomic E-state index is 12.9. The maximum atomic E-state index is 12.9. The first-order valence-electron chi connectivity index (χ1n) is 11.0. The Hall–Kier alpha value is -1.86. The summed E-state index contributed by atoms with van der Waals surface area (Å²) in [5.74, 6) is 2.86. The third-order valence-corrected chi connectivity index (χ3v) is 7.70. The van der Waals surface area contributed by atoms with Crippen LogP contribution in [0.25, 0.3) is 0 Å². The van der Waals surface area contributed by atoms with Gasteiger partial charge in [0.05, 0.1) is 6.10 Å². The van der Waals surface area contributed by atoms with E-state index in [0.29, 0.717) is 17.9 Å². The van der Waals surface area contributed by atoms with E-state index in [0.717, 1.165) is 68.3 Å². The van der Waals surface area contributed by atoms with Crippen molar-refractivity contribution < 1.29 is 9.53 Å². The Morgan fingerprint density at radius 1 is 1.07 bits per heavy atom. The number of carbonyl (C=O) groups excluding carboxylic acids is 1. The van der Waals surface area contributed by atoms with E-state index in [1.54, 1.807) is 18.9 Å². The van der Waals surface area contributed by atoms with Crippen LogP contribution in [-0.4, -0.2) is 51.9 Å². The minimum atomic E-state index is 0.184. The molecule has 1 saturated heterocycles. The lowest BCUT2D eigenvalue weighted by Gasteiger charge is -2.35. The summed E-state index contributed by atoms with van der Waals surface area (Å²) in [5, 5.41) is 9.90. The molecule has 2 aliphatic rings. The first-order valence-corrected chi connectivity index (χ1v) is 12.0. The summed E-state index contributed by atoms with van der Waals surface area (Å²) in [6, 6.07) is 10.4. The number of nitrogens with zero attached hydrogens (tertiary/aromatic N) is 4. The van der Waals surface area contributed by atoms with Crippen LogP contribution in [0.4, 0.5) is 0 Å². The third-order valence-electron chi connectivity index (χ3n) is 6.61. The molecule has 162 valence electrons. The van der Waals surface area contributed by atoms with Gasteiger partial charge in [-0.3, -0.25) is 4.79 Å². The SMILES string of the molecule is COC1CCC(C(=O)N2CCC(c3nnc(SCc4ccccc4)n3C)CC2)CC1. The van der Waals surface area contributed by atoms with Crippen molar-refractivity contribution in [1.82, 2.24) is 19.7 Å². The summed E-state index contributed by atoms with van der Waals surface area (Å²) in [4.78, 5) is 15.0. The van der Waals surface area contributed by atoms with Gasteiger partial charge in [-0.2, -0.15) is 0 Å². The van der Waals surface area contributed by atoms with Crippen LogP contribution >= 0.6 is 11.8 Å². The fourth-order valence-corrected chi connectivity index (χ4v) is 5.57. The Morgan fingerprint density at radius 3 is 2.43 bits per heavy atom. The van der Waals surface area contributed by atoms with Gasteiger partial charge in [-0.15, -0.1) is 10.2 Å². The molecule has 4 rings (SSSR count). The summed E-state index contributed by atoms with van der Waals surface area (Å²) in [6.07, 6.45) is 6.20. The number of aromatic nitrogens is 3. The number of rotatable bonds is 6. The predicted octanol–water partition coefficient (Wildman–Crippen LogP) is 4.02. The van der Waals surface area contributed by atoms with Crippen molar-refractivity contribution in [2.24, 2.45) is 13.0 Å². The summed E-state index contributed by atoms with van der Waals surface area (Å²) in [7, 11) is 3.84. The molecule has 1 aromatic heterocycles. The second kappa shape index (κ2) is 9.96. The van der Waals surface area contributed by atoms with Gasteiger partial charge in [-0.05, 0) is 44.1 Å². The Balaban J connectivity index is 1.29. The molecule has 1 aromatic carbocycles. The summed E-state index contributed by atoms with van der Waals surface area (Å²) < 4.78 is 7.58. The lowest BCUT2D eigenvalue weighted by molar-refractivity contribution is -0.138. The van der Waals surface area contributed by atoms with Gasteiger partial charge in [0.15, 0.2) is 5.16 Å². The molecule has 0 N–H and O–H groups in total. The van der Waals surface area contributed by atoms with Crippen molar-refractivity contribution in [1.29, 1.82) is 0 Å². The summed E-state index contributed by atoms with van der Waals surface area (Å²) >= 11 is 1.73. The molecular weight excluding hydrogens is 396 g/mol. The van der Waals surface area contributed by atoms with Crippen molar-refractivity contribution in [3.8, 4) is 0 Å². The van der Waals surface area contributed by atoms with E-state index in [4.69, 9.17) is 4.74 Å². The number of thioether (sulfide) groups is 1. The van der Waals surface area contributed by atoms with Gasteiger partial charge >= 0.3 is 0 Å². The molecule has 1 aliphatic heterocycles. The van der Waals surface area contributed by atoms with Gasteiger partial charge in [-0.25, -0.2) is 0 Å². The number of hydrogen-bond donors (Lipinski definition) is 0. The second-order valence-electron chi connectivity index (χ2n) is 8.48. The lowest BCUT2D eigenvalue weighted by atomic mass is 9.85. The smallest absolute Gasteiger partial charge is 0.225 e. The van der Waals surface area contributed by atoms with E-state index in [1.165, 1.54) is 5.56 Å². The van der Waals surface area contributed by atoms with Crippen molar-refractivity contribution in [3.05, 3.63) is 41.7 Å². The minimum Gasteiger partial charge on any atom is -0.381 e. The normalized spacial score (nSPS) is 22.9. The first kappa shape index (κ1) is 21.4. The van der Waals surface area contributed by atoms with Crippen LogP contribution in [0.2, 0.25) is 0 Å². The third kappa shape index (κ3) is 4.89. The largest absolute Gasteiger partial charge is 0.381 e.